The summed E-state index contributed by atoms with van der Waals surface area (Å²) in [5.41, 5.74) is 3.28. The zero-order chi connectivity index (χ0) is 32.1. The first-order chi connectivity index (χ1) is 20.8. The predicted molar refractivity (Wildman–Crippen MR) is 203 cm³/mol. The molecule has 0 amide bonds. The van der Waals surface area contributed by atoms with Gasteiger partial charge >= 0.3 is 0 Å². The van der Waals surface area contributed by atoms with Crippen LogP contribution in [0.15, 0.2) is 18.2 Å². The molecule has 0 fully saturated rings. The van der Waals surface area contributed by atoms with Crippen LogP contribution in [-0.4, -0.2) is 9.97 Å². The summed E-state index contributed by atoms with van der Waals surface area (Å²) in [6.45, 7) is 23.1. The van der Waals surface area contributed by atoms with Crippen molar-refractivity contribution in [1.82, 2.24) is 9.97 Å². The van der Waals surface area contributed by atoms with E-state index in [1.54, 1.807) is 22.7 Å². The number of allylic oxidation sites excluding steroid dienone is 1. The van der Waals surface area contributed by atoms with Gasteiger partial charge in [-0.25, -0.2) is 9.97 Å². The molecule has 44 heavy (non-hydrogen) atoms. The lowest BCUT2D eigenvalue weighted by atomic mass is 9.90. The molecule has 242 valence electrons. The Morgan fingerprint density at radius 1 is 0.682 bits per heavy atom. The third-order valence-electron chi connectivity index (χ3n) is 8.59. The molecule has 0 saturated carbocycles. The number of hydrogen-bond donors (Lipinski definition) is 0. The minimum absolute atomic E-state index is 0.144. The van der Waals surface area contributed by atoms with Gasteiger partial charge in [-0.3, -0.25) is 0 Å². The molecule has 2 nitrogen and oxygen atoms in total. The highest BCUT2D eigenvalue weighted by molar-refractivity contribution is 7.32. The average Bonchev–Trinajstić information content (AvgIpc) is 3.73. The standard InChI is InChI=1S/C38H56N2S4/c1-11-15-17-25(13-3)21-27-23-29(19-20-37(5,6)7)41-31(27)33-39-35-36(43-33)40-34(44-35)32-28(22-26(14-4)18-16-12-2)24-30(42-32)38(8,9)10/h19-20,23-26H,11-18,21-22H2,1-10H3. The number of nitrogens with zero attached hydrogens (tertiary/aromatic N) is 2. The third kappa shape index (κ3) is 9.36. The van der Waals surface area contributed by atoms with Crippen LogP contribution < -0.4 is 0 Å². The third-order valence-corrected chi connectivity index (χ3v) is 13.7. The van der Waals surface area contributed by atoms with Gasteiger partial charge in [0.05, 0.1) is 9.75 Å². The molecule has 0 radical (unpaired) electrons. The molecule has 0 aliphatic heterocycles. The van der Waals surface area contributed by atoms with Crippen LogP contribution in [0.25, 0.3) is 35.5 Å². The van der Waals surface area contributed by atoms with E-state index in [2.05, 4.69) is 93.5 Å². The number of thiophene rings is 2. The highest BCUT2D eigenvalue weighted by Crippen LogP contribution is 2.46. The number of unbranched alkanes of at least 4 members (excludes halogenated alkanes) is 2. The van der Waals surface area contributed by atoms with Crippen molar-refractivity contribution >= 4 is 61.1 Å². The van der Waals surface area contributed by atoms with Gasteiger partial charge in [-0.2, -0.15) is 0 Å². The van der Waals surface area contributed by atoms with Crippen molar-refractivity contribution in [2.45, 2.75) is 139 Å². The van der Waals surface area contributed by atoms with E-state index in [0.29, 0.717) is 0 Å². The van der Waals surface area contributed by atoms with Crippen LogP contribution in [0.3, 0.4) is 0 Å². The smallest absolute Gasteiger partial charge is 0.155 e. The molecular weight excluding hydrogens is 613 g/mol. The van der Waals surface area contributed by atoms with Gasteiger partial charge < -0.3 is 0 Å². The van der Waals surface area contributed by atoms with E-state index in [0.717, 1.165) is 44.4 Å². The van der Waals surface area contributed by atoms with Crippen LogP contribution >= 0.6 is 45.3 Å². The van der Waals surface area contributed by atoms with Crippen molar-refractivity contribution in [3.8, 4) is 19.8 Å². The molecule has 4 aromatic rings. The summed E-state index contributed by atoms with van der Waals surface area (Å²) in [6, 6.07) is 4.94. The lowest BCUT2D eigenvalue weighted by Gasteiger charge is -2.16. The maximum atomic E-state index is 5.28. The first-order valence-corrected chi connectivity index (χ1v) is 20.3. The summed E-state index contributed by atoms with van der Waals surface area (Å²) in [4.78, 5) is 18.3. The van der Waals surface area contributed by atoms with Crippen molar-refractivity contribution in [3.05, 3.63) is 39.1 Å². The predicted octanol–water partition coefficient (Wildman–Crippen LogP) is 14.1. The molecule has 0 spiro atoms. The minimum atomic E-state index is 0.144. The van der Waals surface area contributed by atoms with Gasteiger partial charge in [0.1, 0.15) is 10.0 Å². The van der Waals surface area contributed by atoms with Gasteiger partial charge in [-0.15, -0.1) is 22.7 Å². The average molecular weight is 669 g/mol. The summed E-state index contributed by atoms with van der Waals surface area (Å²) in [5, 5.41) is 2.32. The molecule has 0 bridgehead atoms. The highest BCUT2D eigenvalue weighted by atomic mass is 32.1. The summed E-state index contributed by atoms with van der Waals surface area (Å²) in [5.74, 6) is 1.47. The van der Waals surface area contributed by atoms with Crippen LogP contribution in [0.1, 0.15) is 141 Å². The highest BCUT2D eigenvalue weighted by Gasteiger charge is 2.25. The molecular formula is C38H56N2S4. The molecule has 0 N–H and O–H groups in total. The quantitative estimate of drug-likeness (QED) is 0.126. The van der Waals surface area contributed by atoms with E-state index >= 15 is 0 Å². The van der Waals surface area contributed by atoms with Gasteiger partial charge in [0.25, 0.3) is 0 Å². The second-order valence-corrected chi connectivity index (χ2v) is 18.9. The van der Waals surface area contributed by atoms with E-state index < -0.39 is 0 Å². The molecule has 2 atom stereocenters. The largest absolute Gasteiger partial charge is 0.222 e. The number of aromatic nitrogens is 2. The molecule has 0 aliphatic carbocycles. The first-order valence-electron chi connectivity index (χ1n) is 17.1. The molecule has 4 aromatic heterocycles. The summed E-state index contributed by atoms with van der Waals surface area (Å²) >= 11 is 7.47. The normalized spacial score (nSPS) is 14.3. The molecule has 0 aromatic carbocycles. The Hall–Kier alpha value is -1.34. The van der Waals surface area contributed by atoms with Crippen molar-refractivity contribution in [2.75, 3.05) is 0 Å². The molecule has 4 heterocycles. The molecule has 6 heteroatoms. The Labute approximate surface area is 284 Å². The van der Waals surface area contributed by atoms with Crippen molar-refractivity contribution in [3.63, 3.8) is 0 Å². The maximum absolute atomic E-state index is 5.28. The summed E-state index contributed by atoms with van der Waals surface area (Å²) in [6.07, 6.45) is 17.2. The molecule has 4 rings (SSSR count). The van der Waals surface area contributed by atoms with E-state index in [-0.39, 0.29) is 10.8 Å². The maximum Gasteiger partial charge on any atom is 0.155 e. The monoisotopic (exact) mass is 668 g/mol. The van der Waals surface area contributed by atoms with Crippen molar-refractivity contribution in [1.29, 1.82) is 0 Å². The van der Waals surface area contributed by atoms with E-state index in [9.17, 15) is 0 Å². The Balaban J connectivity index is 1.70. The Morgan fingerprint density at radius 3 is 1.64 bits per heavy atom. The number of rotatable bonds is 15. The van der Waals surface area contributed by atoms with Crippen LogP contribution in [0, 0.1) is 17.3 Å². The Kier molecular flexibility index (Phi) is 12.5. The fraction of sp³-hybridized carbons (Fsp3) is 0.632. The zero-order valence-corrected chi connectivity index (χ0v) is 32.3. The molecule has 0 saturated heterocycles. The Morgan fingerprint density at radius 2 is 1.18 bits per heavy atom. The summed E-state index contributed by atoms with van der Waals surface area (Å²) in [7, 11) is 0. The Bertz CT molecular complexity index is 1470. The van der Waals surface area contributed by atoms with Crippen LogP contribution in [0.5, 0.6) is 0 Å². The van der Waals surface area contributed by atoms with Crippen LogP contribution in [-0.2, 0) is 18.3 Å². The first kappa shape index (κ1) is 35.5. The fourth-order valence-electron chi connectivity index (χ4n) is 5.67. The number of thiazole rings is 2. The van der Waals surface area contributed by atoms with Gasteiger partial charge in [0.2, 0.25) is 0 Å². The fourth-order valence-corrected chi connectivity index (χ4v) is 10.3. The second kappa shape index (κ2) is 15.5. The van der Waals surface area contributed by atoms with Gasteiger partial charge in [-0.05, 0) is 64.8 Å². The van der Waals surface area contributed by atoms with Crippen molar-refractivity contribution in [2.24, 2.45) is 17.3 Å². The second-order valence-electron chi connectivity index (χ2n) is 14.8. The van der Waals surface area contributed by atoms with Crippen LogP contribution in [0.4, 0.5) is 0 Å². The van der Waals surface area contributed by atoms with Gasteiger partial charge in [-0.1, -0.05) is 149 Å². The minimum Gasteiger partial charge on any atom is -0.222 e. The van der Waals surface area contributed by atoms with E-state index in [4.69, 9.17) is 9.97 Å². The lowest BCUT2D eigenvalue weighted by Crippen LogP contribution is -2.08. The number of hydrogen-bond acceptors (Lipinski definition) is 6. The van der Waals surface area contributed by atoms with Gasteiger partial charge in [0, 0.05) is 9.75 Å². The molecule has 2 unspecified atom stereocenters. The van der Waals surface area contributed by atoms with E-state index in [1.807, 2.05) is 22.7 Å². The topological polar surface area (TPSA) is 25.8 Å². The lowest BCUT2D eigenvalue weighted by molar-refractivity contribution is 0.449. The summed E-state index contributed by atoms with van der Waals surface area (Å²) < 4.78 is 0. The number of fused-ring (bicyclic) bond motifs is 1. The SMILES string of the molecule is CCCCC(CC)Cc1cc(C=CC(C)(C)C)sc1-c1nc2sc(-c3sc(C(C)(C)C)cc3CC(CC)CCCC)nc2s1. The zero-order valence-electron chi connectivity index (χ0n) is 29.1. The van der Waals surface area contributed by atoms with Gasteiger partial charge in [0.15, 0.2) is 9.66 Å². The van der Waals surface area contributed by atoms with E-state index in [1.165, 1.54) is 82.0 Å². The molecule has 0 aliphatic rings. The van der Waals surface area contributed by atoms with Crippen LogP contribution in [0.2, 0.25) is 0 Å². The van der Waals surface area contributed by atoms with Crippen molar-refractivity contribution < 1.29 is 0 Å².